The molecule has 6 aromatic rings. The van der Waals surface area contributed by atoms with Gasteiger partial charge in [-0.3, -0.25) is 4.79 Å². The molecule has 0 bridgehead atoms. The van der Waals surface area contributed by atoms with Crippen LogP contribution in [0.1, 0.15) is 95.8 Å². The number of hydrogen-bond donors (Lipinski definition) is 0. The normalized spacial score (nSPS) is 12.9. The van der Waals surface area contributed by atoms with Crippen molar-refractivity contribution in [2.45, 2.75) is 79.9 Å². The molecule has 0 aliphatic rings. The van der Waals surface area contributed by atoms with E-state index >= 15 is 0 Å². The van der Waals surface area contributed by atoms with Gasteiger partial charge in [0.2, 0.25) is 0 Å². The lowest BCUT2D eigenvalue weighted by molar-refractivity contribution is -0.140. The number of ketones is 1. The van der Waals surface area contributed by atoms with Crippen LogP contribution in [-0.4, -0.2) is 22.0 Å². The monoisotopic (exact) mass is 704 g/mol. The van der Waals surface area contributed by atoms with E-state index in [9.17, 15) is 22.8 Å². The zero-order valence-electron chi connectivity index (χ0n) is 30.4. The first-order chi connectivity index (χ1) is 24.8. The molecule has 1 heterocycles. The molecular weight excluding hydrogens is 661 g/mol. The zero-order valence-corrected chi connectivity index (χ0v) is 30.4. The molecule has 0 amide bonds. The average Bonchev–Trinajstić information content (AvgIpc) is 3.41. The van der Waals surface area contributed by atoms with E-state index in [4.69, 9.17) is 4.84 Å². The maximum Gasteiger partial charge on any atom is 0.417 e. The van der Waals surface area contributed by atoms with Gasteiger partial charge in [-0.2, -0.15) is 13.2 Å². The minimum atomic E-state index is -4.68. The van der Waals surface area contributed by atoms with E-state index in [-0.39, 0.29) is 17.1 Å². The Hall–Kier alpha value is -5.24. The number of nitrogens with zero attached hydrogens (tertiary/aromatic N) is 2. The van der Waals surface area contributed by atoms with E-state index in [1.54, 1.807) is 6.07 Å². The first-order valence-corrected chi connectivity index (χ1v) is 17.9. The summed E-state index contributed by atoms with van der Waals surface area (Å²) in [4.78, 5) is 31.5. The predicted molar refractivity (Wildman–Crippen MR) is 203 cm³/mol. The van der Waals surface area contributed by atoms with Crippen LogP contribution in [0.15, 0.2) is 90.1 Å². The van der Waals surface area contributed by atoms with Gasteiger partial charge in [-0.15, -0.1) is 0 Å². The van der Waals surface area contributed by atoms with Crippen LogP contribution in [0.2, 0.25) is 0 Å². The van der Waals surface area contributed by atoms with Crippen LogP contribution in [0, 0.1) is 26.7 Å². The summed E-state index contributed by atoms with van der Waals surface area (Å²) in [6, 6.07) is 24.5. The van der Waals surface area contributed by atoms with Crippen LogP contribution in [0.5, 0.6) is 0 Å². The number of alkyl halides is 3. The van der Waals surface area contributed by atoms with Crippen molar-refractivity contribution in [2.24, 2.45) is 11.1 Å². The third-order valence-electron chi connectivity index (χ3n) is 10.0. The van der Waals surface area contributed by atoms with Crippen molar-refractivity contribution in [1.29, 1.82) is 0 Å². The van der Waals surface area contributed by atoms with E-state index in [1.807, 2.05) is 75.4 Å². The summed E-state index contributed by atoms with van der Waals surface area (Å²) < 4.78 is 45.3. The van der Waals surface area contributed by atoms with Gasteiger partial charge >= 0.3 is 12.1 Å². The van der Waals surface area contributed by atoms with Gasteiger partial charge in [-0.05, 0) is 73.9 Å². The molecule has 0 aliphatic carbocycles. The van der Waals surface area contributed by atoms with Crippen molar-refractivity contribution in [3.63, 3.8) is 0 Å². The van der Waals surface area contributed by atoms with Gasteiger partial charge in [-0.25, -0.2) is 4.79 Å². The highest BCUT2D eigenvalue weighted by Crippen LogP contribution is 2.40. The molecule has 5 nitrogen and oxygen atoms in total. The lowest BCUT2D eigenvalue weighted by Gasteiger charge is -2.19. The van der Waals surface area contributed by atoms with Gasteiger partial charge in [-0.1, -0.05) is 104 Å². The number of carbonyl (C=O) groups excluding carboxylic acids is 2. The fraction of sp³-hybridized carbons (Fsp3) is 0.295. The van der Waals surface area contributed by atoms with Gasteiger partial charge in [0.15, 0.2) is 5.78 Å². The largest absolute Gasteiger partial charge is 0.417 e. The zero-order chi connectivity index (χ0) is 37.3. The Labute approximate surface area is 302 Å². The van der Waals surface area contributed by atoms with Crippen LogP contribution in [0.4, 0.5) is 13.2 Å². The summed E-state index contributed by atoms with van der Waals surface area (Å²) in [7, 11) is 0. The molecule has 5 aromatic carbocycles. The fourth-order valence-electron chi connectivity index (χ4n) is 7.64. The Kier molecular flexibility index (Phi) is 10.4. The second-order valence-corrected chi connectivity index (χ2v) is 13.8. The molecule has 1 atom stereocenters. The van der Waals surface area contributed by atoms with Gasteiger partial charge < -0.3 is 9.40 Å². The number of aryl methyl sites for hydroxylation is 3. The molecule has 0 aliphatic heterocycles. The number of rotatable bonds is 11. The molecule has 52 heavy (non-hydrogen) atoms. The summed E-state index contributed by atoms with van der Waals surface area (Å²) in [5.74, 6) is -0.458. The Morgan fingerprint density at radius 2 is 1.48 bits per heavy atom. The Bertz CT molecular complexity index is 2340. The smallest absolute Gasteiger partial charge is 0.340 e. The first kappa shape index (κ1) is 36.5. The molecule has 1 unspecified atom stereocenters. The minimum Gasteiger partial charge on any atom is -0.340 e. The SMILES string of the molecule is CCCCC(CC)Cn1c2ccc(/C(=N/OC(C)=O)c3ccccc3C(F)(F)F)cc2c2cc(C(=O)c3c(C)cc(C)cc3C)c3ccccc3c21. The number of hydrogen-bond acceptors (Lipinski definition) is 4. The van der Waals surface area contributed by atoms with Crippen molar-refractivity contribution >= 4 is 50.0 Å². The lowest BCUT2D eigenvalue weighted by Crippen LogP contribution is -2.15. The quantitative estimate of drug-likeness (QED) is 0.0584. The summed E-state index contributed by atoms with van der Waals surface area (Å²) in [5.41, 5.74) is 5.04. The van der Waals surface area contributed by atoms with E-state index in [0.29, 0.717) is 22.6 Å². The van der Waals surface area contributed by atoms with Crippen LogP contribution >= 0.6 is 0 Å². The Balaban J connectivity index is 1.69. The number of benzene rings is 5. The topological polar surface area (TPSA) is 60.7 Å². The highest BCUT2D eigenvalue weighted by molar-refractivity contribution is 6.27. The standard InChI is InChI=1S/C44H43F3N2O3/c1-7-9-14-30(8-2)25-49-39-20-19-31(41(48-52-29(6)50)34-17-12-13-18-38(34)44(45,46)47)23-35(39)36-24-37(32-15-10-11-16-33(32)42(36)49)43(51)40-27(4)21-26(3)22-28(40)5/h10-13,15-24,30H,7-9,14,25H2,1-6H3/b48-41-. The second kappa shape index (κ2) is 14.8. The molecule has 268 valence electrons. The van der Waals surface area contributed by atoms with Crippen LogP contribution in [0.3, 0.4) is 0 Å². The predicted octanol–water partition coefficient (Wildman–Crippen LogP) is 11.7. The van der Waals surface area contributed by atoms with Crippen molar-refractivity contribution in [2.75, 3.05) is 0 Å². The average molecular weight is 705 g/mol. The molecule has 6 rings (SSSR count). The maximum atomic E-state index is 14.6. The highest BCUT2D eigenvalue weighted by atomic mass is 19.4. The molecule has 0 saturated carbocycles. The van der Waals surface area contributed by atoms with Crippen molar-refractivity contribution in [3.05, 3.63) is 129 Å². The highest BCUT2D eigenvalue weighted by Gasteiger charge is 2.35. The van der Waals surface area contributed by atoms with Gasteiger partial charge in [0.05, 0.1) is 11.1 Å². The molecular formula is C44H43F3N2O3. The van der Waals surface area contributed by atoms with E-state index < -0.39 is 17.7 Å². The minimum absolute atomic E-state index is 0.0873. The lowest BCUT2D eigenvalue weighted by atomic mass is 9.89. The van der Waals surface area contributed by atoms with Crippen LogP contribution in [-0.2, 0) is 22.4 Å². The van der Waals surface area contributed by atoms with Crippen molar-refractivity contribution in [3.8, 4) is 0 Å². The van der Waals surface area contributed by atoms with Crippen molar-refractivity contribution < 1.29 is 27.6 Å². The molecule has 0 fully saturated rings. The van der Waals surface area contributed by atoms with Crippen LogP contribution in [0.25, 0.3) is 32.6 Å². The van der Waals surface area contributed by atoms with Crippen LogP contribution < -0.4 is 0 Å². The number of halogens is 3. The molecule has 0 radical (unpaired) electrons. The van der Waals surface area contributed by atoms with Gasteiger partial charge in [0.1, 0.15) is 5.71 Å². The molecule has 0 spiro atoms. The summed E-state index contributed by atoms with van der Waals surface area (Å²) in [6.45, 7) is 12.2. The number of carbonyl (C=O) groups is 2. The van der Waals surface area contributed by atoms with E-state index in [1.165, 1.54) is 18.2 Å². The van der Waals surface area contributed by atoms with E-state index in [2.05, 4.69) is 23.6 Å². The Morgan fingerprint density at radius 3 is 2.13 bits per heavy atom. The number of unbranched alkanes of at least 4 members (excludes halogenated alkanes) is 1. The Morgan fingerprint density at radius 1 is 0.808 bits per heavy atom. The molecule has 0 N–H and O–H groups in total. The second-order valence-electron chi connectivity index (χ2n) is 13.8. The van der Waals surface area contributed by atoms with E-state index in [0.717, 1.165) is 94.5 Å². The summed E-state index contributed by atoms with van der Waals surface area (Å²) in [6.07, 6.45) is -0.457. The maximum absolute atomic E-state index is 14.6. The molecule has 8 heteroatoms. The molecule has 1 aromatic heterocycles. The first-order valence-electron chi connectivity index (χ1n) is 17.9. The van der Waals surface area contributed by atoms with Gasteiger partial charge in [0.25, 0.3) is 0 Å². The third-order valence-corrected chi connectivity index (χ3v) is 10.0. The third kappa shape index (κ3) is 6.99. The fourth-order valence-corrected chi connectivity index (χ4v) is 7.64. The van der Waals surface area contributed by atoms with Gasteiger partial charge in [0, 0.05) is 57.4 Å². The summed E-state index contributed by atoms with van der Waals surface area (Å²) in [5, 5.41) is 7.32. The number of aromatic nitrogens is 1. The van der Waals surface area contributed by atoms with Crippen molar-refractivity contribution in [1.82, 2.24) is 4.57 Å². The number of fused-ring (bicyclic) bond motifs is 5. The molecule has 0 saturated heterocycles. The number of oxime groups is 1. The summed E-state index contributed by atoms with van der Waals surface area (Å²) >= 11 is 0.